The summed E-state index contributed by atoms with van der Waals surface area (Å²) in [6.07, 6.45) is 0. The van der Waals surface area contributed by atoms with Crippen LogP contribution in [-0.4, -0.2) is 6.67 Å². The maximum atomic E-state index is 12.1. The zero-order chi connectivity index (χ0) is 7.40. The van der Waals surface area contributed by atoms with E-state index in [1.54, 1.807) is 0 Å². The molecule has 0 unspecified atom stereocenters. The summed E-state index contributed by atoms with van der Waals surface area (Å²) >= 11 is 0. The molecule has 1 atom stereocenters. The van der Waals surface area contributed by atoms with E-state index in [1.807, 2.05) is 31.2 Å². The molecule has 1 aromatic carbocycles. The van der Waals surface area contributed by atoms with Gasteiger partial charge < -0.3 is 0 Å². The molecule has 0 aliphatic heterocycles. The molecule has 10 heavy (non-hydrogen) atoms. The van der Waals surface area contributed by atoms with Crippen LogP contribution in [0.5, 0.6) is 0 Å². The maximum absolute atomic E-state index is 12.1. The van der Waals surface area contributed by atoms with Gasteiger partial charge in [0, 0.05) is 5.92 Å². The molecule has 0 aliphatic rings. The highest BCUT2D eigenvalue weighted by atomic mass is 19.1. The molecule has 0 nitrogen and oxygen atoms in total. The molecule has 1 radical (unpaired) electrons. The van der Waals surface area contributed by atoms with E-state index in [0.29, 0.717) is 0 Å². The van der Waals surface area contributed by atoms with Gasteiger partial charge in [0.15, 0.2) is 0 Å². The van der Waals surface area contributed by atoms with E-state index in [-0.39, 0.29) is 12.6 Å². The lowest BCUT2D eigenvalue weighted by molar-refractivity contribution is 0.447. The topological polar surface area (TPSA) is 0 Å². The maximum Gasteiger partial charge on any atom is 0.0960 e. The quantitative estimate of drug-likeness (QED) is 0.587. The third-order valence-corrected chi connectivity index (χ3v) is 1.54. The minimum atomic E-state index is -0.288. The van der Waals surface area contributed by atoms with Crippen molar-refractivity contribution in [2.24, 2.45) is 0 Å². The van der Waals surface area contributed by atoms with Crippen LogP contribution < -0.4 is 0 Å². The van der Waals surface area contributed by atoms with Gasteiger partial charge in [0.1, 0.15) is 0 Å². The van der Waals surface area contributed by atoms with Crippen molar-refractivity contribution in [3.8, 4) is 0 Å². The number of rotatable bonds is 2. The summed E-state index contributed by atoms with van der Waals surface area (Å²) in [6, 6.07) is 10.3. The Morgan fingerprint density at radius 2 is 2.10 bits per heavy atom. The van der Waals surface area contributed by atoms with Crippen LogP contribution in [-0.2, 0) is 0 Å². The third-order valence-electron chi connectivity index (χ3n) is 1.54. The second kappa shape index (κ2) is 3.35. The standard InChI is InChI=1S/C9H10F/c1-8(7-10)9-5-3-2-4-6-9/h3-6,8H,7H2,1H3/t8-/m0/s1. The van der Waals surface area contributed by atoms with Gasteiger partial charge in [-0.2, -0.15) is 0 Å². The Hall–Kier alpha value is -0.850. The van der Waals surface area contributed by atoms with Crippen LogP contribution in [0, 0.1) is 6.07 Å². The Morgan fingerprint density at radius 1 is 1.50 bits per heavy atom. The molecule has 53 valence electrons. The Kier molecular flexibility index (Phi) is 2.43. The molecule has 1 rings (SSSR count). The smallest absolute Gasteiger partial charge is 0.0960 e. The van der Waals surface area contributed by atoms with E-state index in [0.717, 1.165) is 5.56 Å². The Balaban J connectivity index is 2.75. The van der Waals surface area contributed by atoms with E-state index in [1.165, 1.54) is 0 Å². The van der Waals surface area contributed by atoms with Crippen LogP contribution in [0.15, 0.2) is 24.3 Å². The average molecular weight is 137 g/mol. The molecule has 0 saturated heterocycles. The van der Waals surface area contributed by atoms with Gasteiger partial charge in [0.05, 0.1) is 6.67 Å². The van der Waals surface area contributed by atoms with E-state index in [9.17, 15) is 4.39 Å². The summed E-state index contributed by atoms with van der Waals surface area (Å²) in [4.78, 5) is 0. The SMILES string of the molecule is C[C@@H](CF)c1cc[c]cc1. The lowest BCUT2D eigenvalue weighted by atomic mass is 10.0. The van der Waals surface area contributed by atoms with Crippen molar-refractivity contribution in [1.82, 2.24) is 0 Å². The van der Waals surface area contributed by atoms with Crippen molar-refractivity contribution in [3.63, 3.8) is 0 Å². The van der Waals surface area contributed by atoms with Crippen molar-refractivity contribution in [1.29, 1.82) is 0 Å². The van der Waals surface area contributed by atoms with Gasteiger partial charge >= 0.3 is 0 Å². The van der Waals surface area contributed by atoms with Crippen LogP contribution in [0.3, 0.4) is 0 Å². The average Bonchev–Trinajstić information content (AvgIpc) is 2.05. The van der Waals surface area contributed by atoms with Gasteiger partial charge in [0.2, 0.25) is 0 Å². The highest BCUT2D eigenvalue weighted by Gasteiger charge is 2.01. The molecule has 0 fully saturated rings. The summed E-state index contributed by atoms with van der Waals surface area (Å²) in [6.45, 7) is 1.58. The molecular weight excluding hydrogens is 127 g/mol. The molecule has 1 aromatic rings. The molecule has 0 heterocycles. The number of benzene rings is 1. The number of hydrogen-bond acceptors (Lipinski definition) is 0. The highest BCUT2D eigenvalue weighted by molar-refractivity contribution is 5.17. The van der Waals surface area contributed by atoms with Crippen LogP contribution in [0.4, 0.5) is 4.39 Å². The zero-order valence-electron chi connectivity index (χ0n) is 5.97. The van der Waals surface area contributed by atoms with Crippen molar-refractivity contribution < 1.29 is 4.39 Å². The molecule has 0 saturated carbocycles. The van der Waals surface area contributed by atoms with Crippen LogP contribution >= 0.6 is 0 Å². The molecule has 0 spiro atoms. The van der Waals surface area contributed by atoms with Gasteiger partial charge in [-0.25, -0.2) is 0 Å². The minimum absolute atomic E-state index is 0.0228. The summed E-state index contributed by atoms with van der Waals surface area (Å²) in [7, 11) is 0. The summed E-state index contributed by atoms with van der Waals surface area (Å²) in [5.41, 5.74) is 1.04. The number of halogens is 1. The summed E-state index contributed by atoms with van der Waals surface area (Å²) < 4.78 is 12.1. The Bertz CT molecular complexity index is 181. The Morgan fingerprint density at radius 3 is 2.60 bits per heavy atom. The summed E-state index contributed by atoms with van der Waals surface area (Å²) in [5.74, 6) is 0.0228. The van der Waals surface area contributed by atoms with Gasteiger partial charge in [0.25, 0.3) is 0 Å². The van der Waals surface area contributed by atoms with Crippen LogP contribution in [0.1, 0.15) is 18.4 Å². The largest absolute Gasteiger partial charge is 0.250 e. The molecule has 0 aliphatic carbocycles. The second-order valence-electron chi connectivity index (χ2n) is 2.39. The van der Waals surface area contributed by atoms with Gasteiger partial charge in [-0.05, 0) is 11.6 Å². The zero-order valence-corrected chi connectivity index (χ0v) is 5.97. The first-order valence-electron chi connectivity index (χ1n) is 3.36. The molecular formula is C9H10F. The highest BCUT2D eigenvalue weighted by Crippen LogP contribution is 2.13. The fourth-order valence-electron chi connectivity index (χ4n) is 0.817. The molecule has 0 amide bonds. The normalized spacial score (nSPS) is 13.0. The van der Waals surface area contributed by atoms with Gasteiger partial charge in [-0.3, -0.25) is 4.39 Å². The molecule has 0 aromatic heterocycles. The molecule has 0 bridgehead atoms. The number of alkyl halides is 1. The fourth-order valence-corrected chi connectivity index (χ4v) is 0.817. The van der Waals surface area contributed by atoms with Crippen LogP contribution in [0.25, 0.3) is 0 Å². The van der Waals surface area contributed by atoms with E-state index in [2.05, 4.69) is 6.07 Å². The van der Waals surface area contributed by atoms with E-state index >= 15 is 0 Å². The van der Waals surface area contributed by atoms with Crippen molar-refractivity contribution in [3.05, 3.63) is 35.9 Å². The van der Waals surface area contributed by atoms with E-state index in [4.69, 9.17) is 0 Å². The summed E-state index contributed by atoms with van der Waals surface area (Å²) in [5, 5.41) is 0. The lowest BCUT2D eigenvalue weighted by Crippen LogP contribution is -1.93. The first-order chi connectivity index (χ1) is 4.84. The van der Waals surface area contributed by atoms with Crippen LogP contribution in [0.2, 0.25) is 0 Å². The third kappa shape index (κ3) is 1.56. The predicted molar refractivity (Wildman–Crippen MR) is 39.7 cm³/mol. The minimum Gasteiger partial charge on any atom is -0.250 e. The first-order valence-corrected chi connectivity index (χ1v) is 3.36. The number of hydrogen-bond donors (Lipinski definition) is 0. The predicted octanol–water partition coefficient (Wildman–Crippen LogP) is 2.56. The molecule has 1 heteroatoms. The monoisotopic (exact) mass is 137 g/mol. The van der Waals surface area contributed by atoms with Crippen molar-refractivity contribution in [2.75, 3.05) is 6.67 Å². The van der Waals surface area contributed by atoms with E-state index < -0.39 is 0 Å². The first kappa shape index (κ1) is 7.26. The molecule has 0 N–H and O–H groups in total. The Labute approximate surface area is 60.7 Å². The lowest BCUT2D eigenvalue weighted by Gasteiger charge is -2.04. The van der Waals surface area contributed by atoms with Crippen molar-refractivity contribution in [2.45, 2.75) is 12.8 Å². The van der Waals surface area contributed by atoms with Crippen molar-refractivity contribution >= 4 is 0 Å². The van der Waals surface area contributed by atoms with Gasteiger partial charge in [-0.1, -0.05) is 31.2 Å². The second-order valence-corrected chi connectivity index (χ2v) is 2.39. The van der Waals surface area contributed by atoms with Gasteiger partial charge in [-0.15, -0.1) is 0 Å². The fraction of sp³-hybridized carbons (Fsp3) is 0.333.